The molecular formula is C26H59N3O5. The molecule has 0 aromatic rings. The van der Waals surface area contributed by atoms with Crippen LogP contribution in [-0.4, -0.2) is 29.2 Å². The molecule has 0 saturated carbocycles. The van der Waals surface area contributed by atoms with E-state index in [1.165, 1.54) is 90.4 Å². The number of aliphatic hydroxyl groups is 1. The van der Waals surface area contributed by atoms with Gasteiger partial charge in [0.2, 0.25) is 0 Å². The summed E-state index contributed by atoms with van der Waals surface area (Å²) < 4.78 is 0. The van der Waals surface area contributed by atoms with E-state index in [2.05, 4.69) is 6.92 Å². The number of carbonyl (C=O) groups excluding carboxylic acids is 2. The molecule has 0 radical (unpaired) electrons. The van der Waals surface area contributed by atoms with Crippen molar-refractivity contribution in [2.75, 3.05) is 6.54 Å². The number of carboxylic acid groups (broad SMARTS) is 2. The van der Waals surface area contributed by atoms with Crippen LogP contribution in [0.2, 0.25) is 0 Å². The Bertz CT molecular complexity index is 448. The summed E-state index contributed by atoms with van der Waals surface area (Å²) in [5.74, 6) is -2.65. The Labute approximate surface area is 209 Å². The van der Waals surface area contributed by atoms with Gasteiger partial charge in [-0.2, -0.15) is 0 Å². The molecule has 208 valence electrons. The Morgan fingerprint density at radius 1 is 0.765 bits per heavy atom. The zero-order valence-electron chi connectivity index (χ0n) is 23.2. The average Bonchev–Trinajstić information content (AvgIpc) is 2.74. The molecule has 34 heavy (non-hydrogen) atoms. The monoisotopic (exact) mass is 493 g/mol. The molecule has 0 spiro atoms. The fraction of sp³-hybridized carbons (Fsp3) is 0.923. The van der Waals surface area contributed by atoms with E-state index < -0.39 is 17.5 Å². The second-order valence-electron chi connectivity index (χ2n) is 9.34. The van der Waals surface area contributed by atoms with Gasteiger partial charge in [0.15, 0.2) is 0 Å². The number of carbonyl (C=O) groups is 2. The molecule has 0 aliphatic rings. The third-order valence-electron chi connectivity index (χ3n) is 6.20. The maximum atomic E-state index is 10.4. The van der Waals surface area contributed by atoms with Crippen LogP contribution >= 0.6 is 0 Å². The second kappa shape index (κ2) is 28.0. The number of rotatable bonds is 21. The van der Waals surface area contributed by atoms with Crippen molar-refractivity contribution in [2.45, 2.75) is 142 Å². The molecule has 0 heterocycles. The van der Waals surface area contributed by atoms with E-state index in [9.17, 15) is 24.9 Å². The second-order valence-corrected chi connectivity index (χ2v) is 9.34. The lowest BCUT2D eigenvalue weighted by atomic mass is 9.87. The zero-order valence-corrected chi connectivity index (χ0v) is 23.2. The minimum Gasteiger partial charge on any atom is -0.550 e. The summed E-state index contributed by atoms with van der Waals surface area (Å²) in [6, 6.07) is 0. The van der Waals surface area contributed by atoms with Crippen molar-refractivity contribution in [1.82, 2.24) is 12.3 Å². The molecule has 0 rings (SSSR count). The van der Waals surface area contributed by atoms with Gasteiger partial charge >= 0.3 is 0 Å². The molecule has 0 saturated heterocycles. The highest BCUT2D eigenvalue weighted by Crippen LogP contribution is 2.20. The third kappa shape index (κ3) is 27.0. The van der Waals surface area contributed by atoms with Gasteiger partial charge in [0, 0.05) is 5.97 Å². The van der Waals surface area contributed by atoms with Crippen LogP contribution in [0.15, 0.2) is 0 Å². The smallest absolute Gasteiger partial charge is 0.104 e. The van der Waals surface area contributed by atoms with Crippen LogP contribution in [0.3, 0.4) is 0 Å². The number of carboxylic acids is 2. The topological polar surface area (TPSA) is 200 Å². The molecule has 0 aliphatic heterocycles. The van der Waals surface area contributed by atoms with Gasteiger partial charge in [-0.05, 0) is 45.1 Å². The molecule has 8 heteroatoms. The van der Waals surface area contributed by atoms with Gasteiger partial charge < -0.3 is 42.9 Å². The number of quaternary nitrogens is 2. The molecule has 0 amide bonds. The maximum absolute atomic E-state index is 10.4. The maximum Gasteiger partial charge on any atom is 0.104 e. The SMILES string of the molecule is CC(CCCN)C(C)(O)C(=O)[O-].CCCCCCCCCCCCCCCCCC(=O)[O-].[NH4+].[NH4+]. The summed E-state index contributed by atoms with van der Waals surface area (Å²) >= 11 is 0. The number of unbranched alkanes of at least 4 members (excludes halogenated alkanes) is 14. The quantitative estimate of drug-likeness (QED) is 0.168. The van der Waals surface area contributed by atoms with E-state index in [0.717, 1.165) is 12.8 Å². The van der Waals surface area contributed by atoms with Crippen molar-refractivity contribution in [1.29, 1.82) is 0 Å². The van der Waals surface area contributed by atoms with Gasteiger partial charge in [0.25, 0.3) is 0 Å². The Balaban J connectivity index is -0.000000279. The standard InChI is InChI=1S/C18H36O2.C8H17NO3.2H3N/c1-2-3-4-5-6-7-8-9-10-11-12-13-14-15-16-17-18(19)20;1-6(4-3-5-9)8(2,12)7(10)11;;/h2-17H2,1H3,(H,19,20);6,12H,3-5,9H2,1-2H3,(H,10,11);2*1H3. The summed E-state index contributed by atoms with van der Waals surface area (Å²) in [5, 5.41) is 30.0. The minimum absolute atomic E-state index is 0. The van der Waals surface area contributed by atoms with Crippen molar-refractivity contribution in [3.05, 3.63) is 0 Å². The van der Waals surface area contributed by atoms with E-state index in [4.69, 9.17) is 5.73 Å². The van der Waals surface area contributed by atoms with E-state index in [1.807, 2.05) is 0 Å². The lowest BCUT2D eigenvalue weighted by Gasteiger charge is -2.31. The summed E-state index contributed by atoms with van der Waals surface area (Å²) in [7, 11) is 0. The van der Waals surface area contributed by atoms with Crippen molar-refractivity contribution < 1.29 is 24.9 Å². The third-order valence-corrected chi connectivity index (χ3v) is 6.20. The molecule has 8 nitrogen and oxygen atoms in total. The number of nitrogens with two attached hydrogens (primary N) is 1. The first-order chi connectivity index (χ1) is 15.2. The molecule has 2 unspecified atom stereocenters. The Morgan fingerprint density at radius 2 is 1.12 bits per heavy atom. The molecule has 0 fully saturated rings. The normalized spacial score (nSPS) is 12.9. The number of aliphatic carboxylic acids is 2. The highest BCUT2D eigenvalue weighted by atomic mass is 16.4. The lowest BCUT2D eigenvalue weighted by molar-refractivity contribution is -0.326. The van der Waals surface area contributed by atoms with E-state index in [1.54, 1.807) is 6.92 Å². The van der Waals surface area contributed by atoms with Crippen LogP contribution in [-0.2, 0) is 9.59 Å². The summed E-state index contributed by atoms with van der Waals surface area (Å²) in [4.78, 5) is 20.7. The Hall–Kier alpha value is -1.22. The lowest BCUT2D eigenvalue weighted by Crippen LogP contribution is -2.50. The Morgan fingerprint density at radius 3 is 1.41 bits per heavy atom. The summed E-state index contributed by atoms with van der Waals surface area (Å²) in [6.45, 7) is 5.70. The highest BCUT2D eigenvalue weighted by Gasteiger charge is 2.29. The molecule has 2 atom stereocenters. The fourth-order valence-electron chi connectivity index (χ4n) is 3.55. The molecular weight excluding hydrogens is 434 g/mol. The molecule has 0 aliphatic carbocycles. The molecule has 0 aromatic carbocycles. The van der Waals surface area contributed by atoms with Crippen LogP contribution < -0.4 is 28.2 Å². The van der Waals surface area contributed by atoms with Crippen LogP contribution in [0, 0.1) is 5.92 Å². The molecule has 11 N–H and O–H groups in total. The van der Waals surface area contributed by atoms with Crippen molar-refractivity contribution >= 4 is 11.9 Å². The predicted octanol–water partition coefficient (Wildman–Crippen LogP) is 4.61. The average molecular weight is 494 g/mol. The van der Waals surface area contributed by atoms with Gasteiger partial charge in [-0.15, -0.1) is 0 Å². The number of hydrogen-bond donors (Lipinski definition) is 4. The van der Waals surface area contributed by atoms with Crippen LogP contribution in [0.1, 0.15) is 136 Å². The van der Waals surface area contributed by atoms with Crippen LogP contribution in [0.25, 0.3) is 0 Å². The van der Waals surface area contributed by atoms with Crippen LogP contribution in [0.5, 0.6) is 0 Å². The van der Waals surface area contributed by atoms with Gasteiger partial charge in [0.05, 0.1) is 5.97 Å². The first-order valence-corrected chi connectivity index (χ1v) is 13.0. The van der Waals surface area contributed by atoms with Crippen molar-refractivity contribution in [3.63, 3.8) is 0 Å². The highest BCUT2D eigenvalue weighted by molar-refractivity contribution is 5.74. The first-order valence-electron chi connectivity index (χ1n) is 13.0. The van der Waals surface area contributed by atoms with E-state index in [0.29, 0.717) is 19.4 Å². The number of hydrogen-bond acceptors (Lipinski definition) is 6. The minimum atomic E-state index is -1.74. The van der Waals surface area contributed by atoms with Gasteiger partial charge in [-0.1, -0.05) is 104 Å². The van der Waals surface area contributed by atoms with Gasteiger partial charge in [0.1, 0.15) is 5.60 Å². The van der Waals surface area contributed by atoms with Crippen LogP contribution in [0.4, 0.5) is 0 Å². The predicted molar refractivity (Wildman–Crippen MR) is 140 cm³/mol. The molecule has 0 aromatic heterocycles. The summed E-state index contributed by atoms with van der Waals surface area (Å²) in [5.41, 5.74) is 3.51. The van der Waals surface area contributed by atoms with Gasteiger partial charge in [-0.25, -0.2) is 0 Å². The summed E-state index contributed by atoms with van der Waals surface area (Å²) in [6.07, 6.45) is 21.2. The molecule has 0 bridgehead atoms. The fourth-order valence-corrected chi connectivity index (χ4v) is 3.55. The van der Waals surface area contributed by atoms with Crippen molar-refractivity contribution in [3.8, 4) is 0 Å². The zero-order chi connectivity index (χ0) is 24.7. The Kier molecular flexibility index (Phi) is 32.9. The van der Waals surface area contributed by atoms with Gasteiger partial charge in [-0.3, -0.25) is 0 Å². The van der Waals surface area contributed by atoms with E-state index in [-0.39, 0.29) is 24.6 Å². The largest absolute Gasteiger partial charge is 0.550 e. The first kappa shape index (κ1) is 40.0. The van der Waals surface area contributed by atoms with Crippen molar-refractivity contribution in [2.24, 2.45) is 11.7 Å². The van der Waals surface area contributed by atoms with E-state index >= 15 is 0 Å².